The predicted octanol–water partition coefficient (Wildman–Crippen LogP) is 4.84. The standard InChI is InChI=1S/C27H34N4OS/c1-19(2)18-31-24-9-8-21(17-22(24)16-20(3)27(31)32)10-11-29-12-14-30(15-13-29)26-23-6-4-5-7-25(23)33-28-26/h4-9,17,19-20H,10-16,18H2,1-3H3. The van der Waals surface area contributed by atoms with Gasteiger partial charge in [0.15, 0.2) is 0 Å². The van der Waals surface area contributed by atoms with Crippen LogP contribution in [0.2, 0.25) is 0 Å². The lowest BCUT2D eigenvalue weighted by molar-refractivity contribution is -0.122. The van der Waals surface area contributed by atoms with Crippen LogP contribution in [0, 0.1) is 11.8 Å². The molecule has 0 aliphatic carbocycles. The van der Waals surface area contributed by atoms with E-state index < -0.39 is 0 Å². The van der Waals surface area contributed by atoms with Gasteiger partial charge in [-0.05, 0) is 59.6 Å². The van der Waals surface area contributed by atoms with Crippen LogP contribution in [-0.2, 0) is 17.6 Å². The van der Waals surface area contributed by atoms with Crippen LogP contribution < -0.4 is 9.80 Å². The maximum atomic E-state index is 12.7. The van der Waals surface area contributed by atoms with Gasteiger partial charge in [0, 0.05) is 56.3 Å². The molecular formula is C27H34N4OS. The number of amides is 1. The number of anilines is 2. The quantitative estimate of drug-likeness (QED) is 0.525. The Kier molecular flexibility index (Phi) is 6.39. The maximum Gasteiger partial charge on any atom is 0.230 e. The molecule has 0 radical (unpaired) electrons. The second-order valence-corrected chi connectivity index (χ2v) is 10.8. The SMILES string of the molecule is CC(C)CN1C(=O)C(C)Cc2cc(CCN3CCN(c4nsc5ccccc45)CC3)ccc21. The maximum absolute atomic E-state index is 12.7. The van der Waals surface area contributed by atoms with Crippen molar-refractivity contribution < 1.29 is 4.79 Å². The molecule has 1 unspecified atom stereocenters. The topological polar surface area (TPSA) is 39.7 Å². The van der Waals surface area contributed by atoms with Gasteiger partial charge in [0.25, 0.3) is 0 Å². The second-order valence-electron chi connectivity index (χ2n) is 9.99. The molecule has 3 aromatic rings. The van der Waals surface area contributed by atoms with Gasteiger partial charge in [0.2, 0.25) is 5.91 Å². The van der Waals surface area contributed by atoms with E-state index >= 15 is 0 Å². The third-order valence-electron chi connectivity index (χ3n) is 6.94. The minimum absolute atomic E-state index is 0.0707. The van der Waals surface area contributed by atoms with E-state index in [-0.39, 0.29) is 11.8 Å². The lowest BCUT2D eigenvalue weighted by Gasteiger charge is -2.35. The fourth-order valence-electron chi connectivity index (χ4n) is 5.15. The van der Waals surface area contributed by atoms with Crippen LogP contribution in [0.4, 0.5) is 11.5 Å². The fourth-order valence-corrected chi connectivity index (χ4v) is 5.94. The number of carbonyl (C=O) groups is 1. The highest BCUT2D eigenvalue weighted by molar-refractivity contribution is 7.13. The Morgan fingerprint density at radius 2 is 1.88 bits per heavy atom. The van der Waals surface area contributed by atoms with Crippen molar-refractivity contribution in [2.75, 3.05) is 49.1 Å². The lowest BCUT2D eigenvalue weighted by Crippen LogP contribution is -2.47. The van der Waals surface area contributed by atoms with Crippen molar-refractivity contribution in [2.45, 2.75) is 33.6 Å². The molecule has 174 valence electrons. The van der Waals surface area contributed by atoms with E-state index in [2.05, 4.69) is 73.0 Å². The van der Waals surface area contributed by atoms with E-state index in [9.17, 15) is 4.79 Å². The first kappa shape index (κ1) is 22.4. The first-order valence-electron chi connectivity index (χ1n) is 12.2. The predicted molar refractivity (Wildman–Crippen MR) is 138 cm³/mol. The average Bonchev–Trinajstić information content (AvgIpc) is 3.25. The summed E-state index contributed by atoms with van der Waals surface area (Å²) in [5, 5.41) is 1.28. The van der Waals surface area contributed by atoms with Gasteiger partial charge in [-0.3, -0.25) is 9.69 Å². The highest BCUT2D eigenvalue weighted by Crippen LogP contribution is 2.33. The van der Waals surface area contributed by atoms with Crippen molar-refractivity contribution >= 4 is 39.0 Å². The number of piperazine rings is 1. The molecule has 2 aromatic carbocycles. The van der Waals surface area contributed by atoms with E-state index in [0.29, 0.717) is 5.92 Å². The molecule has 0 spiro atoms. The zero-order chi connectivity index (χ0) is 22.9. The smallest absolute Gasteiger partial charge is 0.230 e. The van der Waals surface area contributed by atoms with Crippen molar-refractivity contribution in [3.63, 3.8) is 0 Å². The molecule has 5 nitrogen and oxygen atoms in total. The molecule has 1 fully saturated rings. The lowest BCUT2D eigenvalue weighted by atomic mass is 9.90. The van der Waals surface area contributed by atoms with Crippen LogP contribution in [-0.4, -0.2) is 54.4 Å². The average molecular weight is 463 g/mol. The monoisotopic (exact) mass is 462 g/mol. The normalized spacial score (nSPS) is 19.5. The molecular weight excluding hydrogens is 428 g/mol. The third-order valence-corrected chi connectivity index (χ3v) is 7.76. The van der Waals surface area contributed by atoms with Gasteiger partial charge in [-0.25, -0.2) is 0 Å². The molecule has 0 saturated carbocycles. The van der Waals surface area contributed by atoms with Crippen LogP contribution in [0.25, 0.3) is 10.1 Å². The van der Waals surface area contributed by atoms with Gasteiger partial charge in [0.05, 0.1) is 4.70 Å². The first-order valence-corrected chi connectivity index (χ1v) is 13.0. The van der Waals surface area contributed by atoms with Gasteiger partial charge in [-0.2, -0.15) is 4.37 Å². The van der Waals surface area contributed by atoms with Crippen LogP contribution in [0.15, 0.2) is 42.5 Å². The van der Waals surface area contributed by atoms with Crippen LogP contribution in [0.1, 0.15) is 31.9 Å². The first-order chi connectivity index (χ1) is 16.0. The van der Waals surface area contributed by atoms with Crippen molar-refractivity contribution in [1.82, 2.24) is 9.27 Å². The molecule has 1 aromatic heterocycles. The van der Waals surface area contributed by atoms with Crippen molar-refractivity contribution in [3.8, 4) is 0 Å². The fraction of sp³-hybridized carbons (Fsp3) is 0.481. The van der Waals surface area contributed by atoms with E-state index in [1.807, 2.05) is 4.90 Å². The van der Waals surface area contributed by atoms with E-state index in [0.717, 1.165) is 63.6 Å². The minimum atomic E-state index is 0.0707. The summed E-state index contributed by atoms with van der Waals surface area (Å²) in [6.07, 6.45) is 1.91. The summed E-state index contributed by atoms with van der Waals surface area (Å²) in [6.45, 7) is 12.5. The highest BCUT2D eigenvalue weighted by Gasteiger charge is 2.30. The number of hydrogen-bond acceptors (Lipinski definition) is 5. The van der Waals surface area contributed by atoms with E-state index in [4.69, 9.17) is 4.37 Å². The molecule has 0 N–H and O–H groups in total. The van der Waals surface area contributed by atoms with Crippen molar-refractivity contribution in [1.29, 1.82) is 0 Å². The van der Waals surface area contributed by atoms with Crippen molar-refractivity contribution in [3.05, 3.63) is 53.6 Å². The summed E-state index contributed by atoms with van der Waals surface area (Å²) in [6, 6.07) is 15.3. The van der Waals surface area contributed by atoms with E-state index in [1.54, 1.807) is 11.5 Å². The Morgan fingerprint density at radius 3 is 2.67 bits per heavy atom. The van der Waals surface area contributed by atoms with E-state index in [1.165, 1.54) is 21.2 Å². The van der Waals surface area contributed by atoms with Crippen LogP contribution in [0.5, 0.6) is 0 Å². The molecule has 33 heavy (non-hydrogen) atoms. The van der Waals surface area contributed by atoms with Gasteiger partial charge < -0.3 is 9.80 Å². The van der Waals surface area contributed by atoms with Gasteiger partial charge in [-0.15, -0.1) is 0 Å². The van der Waals surface area contributed by atoms with Crippen molar-refractivity contribution in [2.24, 2.45) is 11.8 Å². The molecule has 3 heterocycles. The summed E-state index contributed by atoms with van der Waals surface area (Å²) in [5.74, 6) is 1.96. The largest absolute Gasteiger partial charge is 0.353 e. The van der Waals surface area contributed by atoms with Gasteiger partial charge in [0.1, 0.15) is 5.82 Å². The Hall–Kier alpha value is -2.44. The summed E-state index contributed by atoms with van der Waals surface area (Å²) in [4.78, 5) is 19.8. The Morgan fingerprint density at radius 1 is 1.09 bits per heavy atom. The molecule has 2 aliphatic rings. The molecule has 1 saturated heterocycles. The number of benzene rings is 2. The minimum Gasteiger partial charge on any atom is -0.353 e. The molecule has 5 rings (SSSR count). The zero-order valence-corrected chi connectivity index (χ0v) is 20.8. The molecule has 2 aliphatic heterocycles. The zero-order valence-electron chi connectivity index (χ0n) is 20.0. The molecule has 6 heteroatoms. The van der Waals surface area contributed by atoms with Gasteiger partial charge >= 0.3 is 0 Å². The summed E-state index contributed by atoms with van der Waals surface area (Å²) in [5.41, 5.74) is 3.84. The number of carbonyl (C=O) groups excluding carboxylic acids is 1. The molecule has 1 atom stereocenters. The third kappa shape index (κ3) is 4.64. The number of hydrogen-bond donors (Lipinski definition) is 0. The summed E-state index contributed by atoms with van der Waals surface area (Å²) < 4.78 is 6.00. The Labute approximate surface area is 201 Å². The Bertz CT molecular complexity index is 1130. The number of aromatic nitrogens is 1. The Balaban J connectivity index is 1.20. The summed E-state index contributed by atoms with van der Waals surface area (Å²) in [7, 11) is 0. The summed E-state index contributed by atoms with van der Waals surface area (Å²) >= 11 is 1.60. The highest BCUT2D eigenvalue weighted by atomic mass is 32.1. The second kappa shape index (κ2) is 9.43. The molecule has 0 bridgehead atoms. The number of rotatable bonds is 6. The molecule has 1 amide bonds. The number of nitrogens with zero attached hydrogens (tertiary/aromatic N) is 4. The van der Waals surface area contributed by atoms with Crippen LogP contribution >= 0.6 is 11.5 Å². The van der Waals surface area contributed by atoms with Crippen LogP contribution in [0.3, 0.4) is 0 Å². The number of fused-ring (bicyclic) bond motifs is 2. The van der Waals surface area contributed by atoms with Gasteiger partial charge in [-0.1, -0.05) is 45.0 Å².